The van der Waals surface area contributed by atoms with Crippen molar-refractivity contribution in [2.24, 2.45) is 0 Å². The molecule has 1 aromatic heterocycles. The fraction of sp³-hybridized carbons (Fsp3) is 0.455. The van der Waals surface area contributed by atoms with Gasteiger partial charge in [0.05, 0.1) is 5.69 Å². The minimum atomic E-state index is -3.08. The Kier molecular flexibility index (Phi) is 9.34. The second-order valence-electron chi connectivity index (χ2n) is 7.06. The molecule has 0 saturated carbocycles. The van der Waals surface area contributed by atoms with E-state index in [1.807, 2.05) is 36.9 Å². The zero-order chi connectivity index (χ0) is 21.1. The van der Waals surface area contributed by atoms with Crippen LogP contribution in [0.1, 0.15) is 50.2 Å². The highest BCUT2D eigenvalue weighted by atomic mass is 19.3. The van der Waals surface area contributed by atoms with E-state index >= 15 is 0 Å². The topological polar surface area (TPSA) is 54.2 Å². The Labute approximate surface area is 171 Å². The number of rotatable bonds is 12. The first-order valence-electron chi connectivity index (χ1n) is 10.0. The van der Waals surface area contributed by atoms with Crippen LogP contribution in [0.25, 0.3) is 0 Å². The van der Waals surface area contributed by atoms with Gasteiger partial charge in [0.1, 0.15) is 18.9 Å². The number of pyridine rings is 1. The van der Waals surface area contributed by atoms with E-state index in [4.69, 9.17) is 4.74 Å². The van der Waals surface area contributed by atoms with Crippen molar-refractivity contribution < 1.29 is 22.9 Å². The van der Waals surface area contributed by atoms with Crippen molar-refractivity contribution in [1.29, 1.82) is 0 Å². The van der Waals surface area contributed by atoms with E-state index in [9.17, 15) is 13.6 Å². The lowest BCUT2D eigenvalue weighted by atomic mass is 10.1. The monoisotopic (exact) mass is 406 g/mol. The molecule has 0 atom stereocenters. The quantitative estimate of drug-likeness (QED) is 0.309. The zero-order valence-electron chi connectivity index (χ0n) is 17.1. The number of carbonyl (C=O) groups is 1. The Morgan fingerprint density at radius 1 is 1.10 bits per heavy atom. The molecule has 0 spiro atoms. The summed E-state index contributed by atoms with van der Waals surface area (Å²) in [6.07, 6.45) is 7.24. The fourth-order valence-electron chi connectivity index (χ4n) is 2.83. The standard InChI is InChI=1S/C22H29F2N3O2/c1-3-4-5-6-7-12-27-13-10-18(11-14-27)16-29-20-15-17(2)8-9-19(20)25-26-22(28)21(23)24/h8-11,13-15,21,25H,3-7,12,16H2,1-2H3/p+1. The van der Waals surface area contributed by atoms with Crippen LogP contribution in [0.4, 0.5) is 14.5 Å². The zero-order valence-corrected chi connectivity index (χ0v) is 17.1. The number of ether oxygens (including phenoxy) is 1. The molecule has 2 N–H and O–H groups in total. The smallest absolute Gasteiger partial charge is 0.317 e. The van der Waals surface area contributed by atoms with Crippen molar-refractivity contribution in [3.05, 3.63) is 53.9 Å². The molecule has 0 fully saturated rings. The van der Waals surface area contributed by atoms with E-state index in [1.54, 1.807) is 18.2 Å². The van der Waals surface area contributed by atoms with Gasteiger partial charge < -0.3 is 4.74 Å². The molecule has 1 heterocycles. The van der Waals surface area contributed by atoms with Gasteiger partial charge in [0.15, 0.2) is 12.4 Å². The molecule has 0 unspecified atom stereocenters. The number of unbranched alkanes of at least 4 members (excludes halogenated alkanes) is 4. The Morgan fingerprint density at radius 2 is 1.83 bits per heavy atom. The number of nitrogens with one attached hydrogen (secondary N) is 2. The molecule has 0 aliphatic rings. The molecule has 1 amide bonds. The summed E-state index contributed by atoms with van der Waals surface area (Å²) in [5, 5.41) is 0. The maximum Gasteiger partial charge on any atom is 0.317 e. The number of carbonyl (C=O) groups excluding carboxylic acids is 1. The molecule has 0 aliphatic carbocycles. The molecule has 0 aliphatic heterocycles. The van der Waals surface area contributed by atoms with Gasteiger partial charge in [0, 0.05) is 24.1 Å². The van der Waals surface area contributed by atoms with Gasteiger partial charge in [-0.1, -0.05) is 32.3 Å². The molecule has 0 saturated heterocycles. The summed E-state index contributed by atoms with van der Waals surface area (Å²) in [5.74, 6) is -0.911. The summed E-state index contributed by atoms with van der Waals surface area (Å²) < 4.78 is 32.7. The number of hydrazine groups is 1. The third-order valence-corrected chi connectivity index (χ3v) is 4.53. The van der Waals surface area contributed by atoms with E-state index in [0.717, 1.165) is 17.7 Å². The molecule has 2 rings (SSSR count). The number of hydrogen-bond acceptors (Lipinski definition) is 3. The summed E-state index contributed by atoms with van der Waals surface area (Å²) in [6.45, 7) is 5.45. The molecule has 2 aromatic rings. The van der Waals surface area contributed by atoms with Crippen LogP contribution < -0.4 is 20.2 Å². The first kappa shape index (κ1) is 22.6. The van der Waals surface area contributed by atoms with Gasteiger partial charge in [0.25, 0.3) is 0 Å². The highest BCUT2D eigenvalue weighted by Gasteiger charge is 2.15. The number of amides is 1. The highest BCUT2D eigenvalue weighted by molar-refractivity contribution is 5.80. The summed E-state index contributed by atoms with van der Waals surface area (Å²) >= 11 is 0. The van der Waals surface area contributed by atoms with Gasteiger partial charge in [-0.25, -0.2) is 4.57 Å². The number of anilines is 1. The maximum atomic E-state index is 12.3. The lowest BCUT2D eigenvalue weighted by molar-refractivity contribution is -0.697. The first-order valence-corrected chi connectivity index (χ1v) is 10.0. The molecular weight excluding hydrogens is 376 g/mol. The highest BCUT2D eigenvalue weighted by Crippen LogP contribution is 2.26. The van der Waals surface area contributed by atoms with Crippen molar-refractivity contribution in [1.82, 2.24) is 5.43 Å². The summed E-state index contributed by atoms with van der Waals surface area (Å²) in [5.41, 5.74) is 6.84. The molecule has 29 heavy (non-hydrogen) atoms. The largest absolute Gasteiger partial charge is 0.487 e. The SMILES string of the molecule is CCCCCCC[n+]1ccc(COc2cc(C)ccc2NNC(=O)C(F)F)cc1. The van der Waals surface area contributed by atoms with E-state index in [1.165, 1.54) is 32.1 Å². The van der Waals surface area contributed by atoms with E-state index in [0.29, 0.717) is 18.0 Å². The predicted octanol–water partition coefficient (Wildman–Crippen LogP) is 4.54. The van der Waals surface area contributed by atoms with Gasteiger partial charge in [0.2, 0.25) is 0 Å². The van der Waals surface area contributed by atoms with Crippen molar-refractivity contribution in [2.75, 3.05) is 5.43 Å². The van der Waals surface area contributed by atoms with Gasteiger partial charge in [-0.2, -0.15) is 8.78 Å². The summed E-state index contributed by atoms with van der Waals surface area (Å²) in [6, 6.07) is 9.28. The van der Waals surface area contributed by atoms with Crippen molar-refractivity contribution >= 4 is 11.6 Å². The number of aryl methyl sites for hydroxylation is 2. The van der Waals surface area contributed by atoms with Crippen LogP contribution in [0.5, 0.6) is 5.75 Å². The molecule has 1 aromatic carbocycles. The Balaban J connectivity index is 1.88. The molecule has 0 radical (unpaired) electrons. The maximum absolute atomic E-state index is 12.3. The minimum Gasteiger partial charge on any atom is -0.487 e. The van der Waals surface area contributed by atoms with Gasteiger partial charge >= 0.3 is 12.3 Å². The summed E-state index contributed by atoms with van der Waals surface area (Å²) in [7, 11) is 0. The third kappa shape index (κ3) is 8.05. The Morgan fingerprint density at radius 3 is 2.52 bits per heavy atom. The lowest BCUT2D eigenvalue weighted by Gasteiger charge is -2.14. The van der Waals surface area contributed by atoms with E-state index in [-0.39, 0.29) is 0 Å². The molecule has 158 valence electrons. The van der Waals surface area contributed by atoms with E-state index in [2.05, 4.69) is 16.9 Å². The van der Waals surface area contributed by atoms with Crippen molar-refractivity contribution in [3.63, 3.8) is 0 Å². The number of nitrogens with zero attached hydrogens (tertiary/aromatic N) is 1. The number of aromatic nitrogens is 1. The average molecular weight is 406 g/mol. The van der Waals surface area contributed by atoms with Crippen LogP contribution in [0, 0.1) is 6.92 Å². The summed E-state index contributed by atoms with van der Waals surface area (Å²) in [4.78, 5) is 11.1. The molecule has 0 bridgehead atoms. The van der Waals surface area contributed by atoms with Crippen LogP contribution in [0.15, 0.2) is 42.7 Å². The van der Waals surface area contributed by atoms with Crippen LogP contribution in [-0.2, 0) is 17.9 Å². The Hall–Kier alpha value is -2.70. The Bertz CT molecular complexity index is 767. The van der Waals surface area contributed by atoms with Gasteiger partial charge in [-0.05, 0) is 31.0 Å². The third-order valence-electron chi connectivity index (χ3n) is 4.53. The van der Waals surface area contributed by atoms with Crippen molar-refractivity contribution in [2.45, 2.75) is 65.5 Å². The van der Waals surface area contributed by atoms with Gasteiger partial charge in [-0.3, -0.25) is 15.6 Å². The fourth-order valence-corrected chi connectivity index (χ4v) is 2.83. The minimum absolute atomic E-state index is 0.332. The normalized spacial score (nSPS) is 10.8. The number of benzene rings is 1. The van der Waals surface area contributed by atoms with Crippen LogP contribution in [-0.4, -0.2) is 12.3 Å². The van der Waals surface area contributed by atoms with Crippen LogP contribution >= 0.6 is 0 Å². The molecule has 5 nitrogen and oxygen atoms in total. The molecular formula is C22H30F2N3O2+. The van der Waals surface area contributed by atoms with E-state index < -0.39 is 12.3 Å². The van der Waals surface area contributed by atoms with Crippen LogP contribution in [0.3, 0.4) is 0 Å². The average Bonchev–Trinajstić information content (AvgIpc) is 2.72. The van der Waals surface area contributed by atoms with Crippen LogP contribution in [0.2, 0.25) is 0 Å². The molecule has 7 heteroatoms. The first-order chi connectivity index (χ1) is 14.0. The second kappa shape index (κ2) is 12.0. The van der Waals surface area contributed by atoms with Gasteiger partial charge in [-0.15, -0.1) is 0 Å². The lowest BCUT2D eigenvalue weighted by Crippen LogP contribution is -2.34. The number of hydrogen-bond donors (Lipinski definition) is 2. The predicted molar refractivity (Wildman–Crippen MR) is 109 cm³/mol. The second-order valence-corrected chi connectivity index (χ2v) is 7.06. The number of alkyl halides is 2. The number of halogens is 2. The van der Waals surface area contributed by atoms with Crippen molar-refractivity contribution in [3.8, 4) is 5.75 Å².